The third kappa shape index (κ3) is 7.96. The number of hydrogen-bond donors (Lipinski definition) is 1. The Morgan fingerprint density at radius 2 is 1.33 bits per heavy atom. The third-order valence-corrected chi connectivity index (χ3v) is 17.6. The van der Waals surface area contributed by atoms with Crippen molar-refractivity contribution in [2.75, 3.05) is 12.6 Å². The molecule has 0 bridgehead atoms. The predicted molar refractivity (Wildman–Crippen MR) is 58.2 cm³/mol. The summed E-state index contributed by atoms with van der Waals surface area (Å²) < 4.78 is 42.8. The van der Waals surface area contributed by atoms with E-state index in [0.717, 1.165) is 0 Å². The van der Waals surface area contributed by atoms with Crippen LogP contribution in [-0.4, -0.2) is 117 Å². The molecule has 0 aromatic rings. The number of rotatable bonds is 8. The fraction of sp³-hybridized carbons (Fsp3) is 1.00. The van der Waals surface area contributed by atoms with Crippen LogP contribution >= 0.6 is 15.2 Å². The van der Waals surface area contributed by atoms with Crippen LogP contribution in [0, 0.1) is 0 Å². The fourth-order valence-corrected chi connectivity index (χ4v) is 14.9. The predicted octanol–water partition coefficient (Wildman–Crippen LogP) is -1.26. The van der Waals surface area contributed by atoms with E-state index in [2.05, 4.69) is 5.32 Å². The molecule has 0 aromatic heterocycles. The standard InChI is InChI=1S/C2H9NO6P2.4Pb.2H/c4-10(5,6)1-3-2-11(7,8)9;;;;;;/h3H,1-2H2,(H2,4,5,6)(H2,7,8,9);;;;;;/q;4*+1;;/p-4. The summed E-state index contributed by atoms with van der Waals surface area (Å²) >= 11 is 0.988. The summed E-state index contributed by atoms with van der Waals surface area (Å²) in [5, 5.41) is 2.74. The normalized spacial score (nSPS) is 13.1. The molecule has 15 heavy (non-hydrogen) atoms. The molecular formula is C2H7NO6P2Pb4. The first-order valence-corrected chi connectivity index (χ1v) is 13.6. The van der Waals surface area contributed by atoms with E-state index in [1.807, 2.05) is 0 Å². The van der Waals surface area contributed by atoms with Crippen molar-refractivity contribution in [2.24, 2.45) is 0 Å². The molecule has 0 aromatic carbocycles. The van der Waals surface area contributed by atoms with E-state index in [9.17, 15) is 9.13 Å². The van der Waals surface area contributed by atoms with E-state index in [1.165, 1.54) is 0 Å². The minimum absolute atomic E-state index is 0.0515. The minimum atomic E-state index is -2.97. The SMILES string of the molecule is O=P(CNCP(=O)([O][Pb])[O][PbH])([O][Pb])[O][PbH]. The van der Waals surface area contributed by atoms with Crippen molar-refractivity contribution in [1.29, 1.82) is 0 Å². The molecule has 0 spiro atoms. The second-order valence-electron chi connectivity index (χ2n) is 2.18. The molecule has 82 valence electrons. The molecule has 2 unspecified atom stereocenters. The zero-order chi connectivity index (χ0) is 11.9. The molecular weight excluding hydrogens is 1020 g/mol. The van der Waals surface area contributed by atoms with Crippen LogP contribution in [0.1, 0.15) is 0 Å². The first kappa shape index (κ1) is 18.9. The van der Waals surface area contributed by atoms with Crippen LogP contribution in [0.2, 0.25) is 0 Å². The average molecular weight is 1030 g/mol. The van der Waals surface area contributed by atoms with Crippen molar-refractivity contribution in [1.82, 2.24) is 5.32 Å². The van der Waals surface area contributed by atoms with Crippen LogP contribution < -0.4 is 5.32 Å². The summed E-state index contributed by atoms with van der Waals surface area (Å²) in [6, 6.07) is 0. The van der Waals surface area contributed by atoms with Crippen LogP contribution in [0.5, 0.6) is 0 Å². The van der Waals surface area contributed by atoms with E-state index in [1.54, 1.807) is 0 Å². The summed E-state index contributed by atoms with van der Waals surface area (Å²) in [5.74, 6) is 0. The zero-order valence-corrected chi connectivity index (χ0v) is 26.0. The van der Waals surface area contributed by atoms with Crippen molar-refractivity contribution in [2.45, 2.75) is 0 Å². The first-order chi connectivity index (χ1) is 6.95. The van der Waals surface area contributed by atoms with E-state index >= 15 is 0 Å². The van der Waals surface area contributed by atoms with Crippen molar-refractivity contribution in [3.8, 4) is 0 Å². The van der Waals surface area contributed by atoms with Gasteiger partial charge in [-0.05, 0) is 0 Å². The molecule has 0 rings (SSSR count). The van der Waals surface area contributed by atoms with Gasteiger partial charge >= 0.3 is 157 Å². The Morgan fingerprint density at radius 3 is 1.53 bits per heavy atom. The molecule has 7 nitrogen and oxygen atoms in total. The molecule has 1 N–H and O–H groups in total. The molecule has 0 aliphatic rings. The van der Waals surface area contributed by atoms with Crippen molar-refractivity contribution < 1.29 is 19.0 Å². The van der Waals surface area contributed by atoms with E-state index in [4.69, 9.17) is 9.90 Å². The fourth-order valence-electron chi connectivity index (χ4n) is 0.506. The Labute approximate surface area is 154 Å². The molecule has 0 saturated heterocycles. The van der Waals surface area contributed by atoms with Gasteiger partial charge in [-0.15, -0.1) is 0 Å². The summed E-state index contributed by atoms with van der Waals surface area (Å²) in [6.45, 7) is 0. The third-order valence-electron chi connectivity index (χ3n) is 1.21. The van der Waals surface area contributed by atoms with Gasteiger partial charge < -0.3 is 0 Å². The molecule has 0 heterocycles. The van der Waals surface area contributed by atoms with Gasteiger partial charge in [0, 0.05) is 0 Å². The van der Waals surface area contributed by atoms with Gasteiger partial charge in [-0.2, -0.15) is 0 Å². The van der Waals surface area contributed by atoms with Gasteiger partial charge in [0.1, 0.15) is 0 Å². The average Bonchev–Trinajstić information content (AvgIpc) is 2.28. The van der Waals surface area contributed by atoms with Gasteiger partial charge in [-0.25, -0.2) is 0 Å². The van der Waals surface area contributed by atoms with Crippen LogP contribution in [0.25, 0.3) is 0 Å². The maximum absolute atomic E-state index is 11.6. The van der Waals surface area contributed by atoms with Crippen LogP contribution in [0.4, 0.5) is 0 Å². The van der Waals surface area contributed by atoms with E-state index in [0.29, 0.717) is 52.4 Å². The number of hydrogen-bond acceptors (Lipinski definition) is 7. The number of nitrogens with one attached hydrogen (secondary N) is 1. The summed E-state index contributed by atoms with van der Waals surface area (Å²) in [4.78, 5) is 0. The van der Waals surface area contributed by atoms with Crippen LogP contribution in [0.3, 0.4) is 0 Å². The molecule has 10 radical (unpaired) electrons. The first-order valence-electron chi connectivity index (χ1n) is 3.31. The second-order valence-corrected chi connectivity index (χ2v) is 15.2. The van der Waals surface area contributed by atoms with Crippen molar-refractivity contribution in [3.63, 3.8) is 0 Å². The van der Waals surface area contributed by atoms with Crippen molar-refractivity contribution >= 4 is 120 Å². The topological polar surface area (TPSA) is 83.1 Å². The van der Waals surface area contributed by atoms with Gasteiger partial charge in [0.25, 0.3) is 0 Å². The Balaban J connectivity index is 4.08. The molecule has 2 atom stereocenters. The van der Waals surface area contributed by atoms with Gasteiger partial charge in [0.05, 0.1) is 0 Å². The molecule has 0 fully saturated rings. The molecule has 0 aliphatic carbocycles. The van der Waals surface area contributed by atoms with Gasteiger partial charge in [-0.1, -0.05) is 0 Å². The van der Waals surface area contributed by atoms with E-state index in [-0.39, 0.29) is 65.0 Å². The molecule has 0 amide bonds. The molecule has 13 heteroatoms. The van der Waals surface area contributed by atoms with E-state index < -0.39 is 15.2 Å². The van der Waals surface area contributed by atoms with Gasteiger partial charge in [0.2, 0.25) is 0 Å². The Morgan fingerprint density at radius 1 is 1.00 bits per heavy atom. The Kier molecular flexibility index (Phi) is 12.4. The maximum atomic E-state index is 11.6. The molecule has 0 aliphatic heterocycles. The van der Waals surface area contributed by atoms with Crippen LogP contribution in [0.15, 0.2) is 0 Å². The Bertz CT molecular complexity index is 234. The monoisotopic (exact) mass is 1030 g/mol. The molecule has 0 saturated carbocycles. The zero-order valence-electron chi connectivity index (χ0n) is 7.41. The van der Waals surface area contributed by atoms with Crippen molar-refractivity contribution in [3.05, 3.63) is 0 Å². The van der Waals surface area contributed by atoms with Gasteiger partial charge in [0.15, 0.2) is 0 Å². The summed E-state index contributed by atoms with van der Waals surface area (Å²) in [7, 11) is -5.94. The Hall–Kier alpha value is 3.95. The summed E-state index contributed by atoms with van der Waals surface area (Å²) in [5.41, 5.74) is 0. The quantitative estimate of drug-likeness (QED) is 0.241. The van der Waals surface area contributed by atoms with Crippen LogP contribution in [-0.2, 0) is 19.0 Å². The summed E-state index contributed by atoms with van der Waals surface area (Å²) in [6.07, 6.45) is 0.103. The second kappa shape index (κ2) is 9.79. The van der Waals surface area contributed by atoms with Gasteiger partial charge in [-0.3, -0.25) is 0 Å².